The molecule has 0 unspecified atom stereocenters. The van der Waals surface area contributed by atoms with Crippen LogP contribution in [0.5, 0.6) is 0 Å². The third kappa shape index (κ3) is 4.14. The van der Waals surface area contributed by atoms with Crippen molar-refractivity contribution in [1.82, 2.24) is 9.21 Å². The number of fused-ring (bicyclic) bond motifs is 1. The number of carbonyl (C=O) groups excluding carboxylic acids is 1. The van der Waals surface area contributed by atoms with Gasteiger partial charge in [0.25, 0.3) is 5.91 Å². The average molecular weight is 478 g/mol. The number of carbonyl (C=O) groups is 1. The molecule has 2 aromatic carbocycles. The van der Waals surface area contributed by atoms with Crippen LogP contribution in [0.2, 0.25) is 0 Å². The van der Waals surface area contributed by atoms with Crippen LogP contribution in [0.1, 0.15) is 27.0 Å². The van der Waals surface area contributed by atoms with E-state index < -0.39 is 20.0 Å². The summed E-state index contributed by atoms with van der Waals surface area (Å²) in [6, 6.07) is 10.2. The van der Waals surface area contributed by atoms with Gasteiger partial charge < -0.3 is 4.90 Å². The Kier molecular flexibility index (Phi) is 5.81. The lowest BCUT2D eigenvalue weighted by Gasteiger charge is -2.34. The standard InChI is InChI=1S/C22H27N3O5S2/c1-16-4-6-20(14-17(16)2)32(29,30)24-12-10-23(11-13-24)22(26)19-5-7-21-18(15-19)8-9-25(21)31(3,27)28/h4-7,14-15H,8-13H2,1-3H3. The molecule has 1 amide bonds. The number of aryl methyl sites for hydroxylation is 2. The van der Waals surface area contributed by atoms with E-state index in [1.807, 2.05) is 13.8 Å². The number of anilines is 1. The molecule has 1 fully saturated rings. The molecule has 0 spiro atoms. The van der Waals surface area contributed by atoms with Gasteiger partial charge in [0.15, 0.2) is 0 Å². The molecule has 8 nitrogen and oxygen atoms in total. The Hall–Kier alpha value is -2.43. The first-order valence-corrected chi connectivity index (χ1v) is 13.7. The topological polar surface area (TPSA) is 95.1 Å². The second kappa shape index (κ2) is 8.17. The van der Waals surface area contributed by atoms with Crippen LogP contribution in [0.25, 0.3) is 0 Å². The van der Waals surface area contributed by atoms with Crippen molar-refractivity contribution < 1.29 is 21.6 Å². The normalized spacial score (nSPS) is 17.5. The van der Waals surface area contributed by atoms with E-state index >= 15 is 0 Å². The highest BCUT2D eigenvalue weighted by molar-refractivity contribution is 7.92. The Labute approximate surface area is 189 Å². The molecule has 4 rings (SSSR count). The van der Waals surface area contributed by atoms with Crippen LogP contribution in [0, 0.1) is 13.8 Å². The van der Waals surface area contributed by atoms with Crippen molar-refractivity contribution in [2.24, 2.45) is 0 Å². The maximum Gasteiger partial charge on any atom is 0.253 e. The number of hydrogen-bond donors (Lipinski definition) is 0. The number of piperazine rings is 1. The summed E-state index contributed by atoms with van der Waals surface area (Å²) in [6.07, 6.45) is 1.73. The molecule has 0 atom stereocenters. The SMILES string of the molecule is Cc1ccc(S(=O)(=O)N2CCN(C(=O)c3ccc4c(c3)CCN4S(C)(=O)=O)CC2)cc1C. The third-order valence-electron chi connectivity index (χ3n) is 6.22. The van der Waals surface area contributed by atoms with E-state index in [2.05, 4.69) is 0 Å². The van der Waals surface area contributed by atoms with Gasteiger partial charge in [-0.25, -0.2) is 16.8 Å². The van der Waals surface area contributed by atoms with Crippen molar-refractivity contribution in [2.75, 3.05) is 43.3 Å². The zero-order valence-electron chi connectivity index (χ0n) is 18.4. The maximum absolute atomic E-state index is 13.0. The molecule has 0 aromatic heterocycles. The lowest BCUT2D eigenvalue weighted by Crippen LogP contribution is -2.50. The second-order valence-corrected chi connectivity index (χ2v) is 12.2. The van der Waals surface area contributed by atoms with Crippen molar-refractivity contribution in [3.05, 3.63) is 58.7 Å². The van der Waals surface area contributed by atoms with Gasteiger partial charge in [0, 0.05) is 38.3 Å². The fraction of sp³-hybridized carbons (Fsp3) is 0.409. The van der Waals surface area contributed by atoms with Crippen LogP contribution in [0.3, 0.4) is 0 Å². The van der Waals surface area contributed by atoms with E-state index in [9.17, 15) is 21.6 Å². The molecule has 32 heavy (non-hydrogen) atoms. The Morgan fingerprint density at radius 2 is 1.53 bits per heavy atom. The van der Waals surface area contributed by atoms with Gasteiger partial charge in [-0.2, -0.15) is 4.31 Å². The molecule has 0 radical (unpaired) electrons. The fourth-order valence-electron chi connectivity index (χ4n) is 4.19. The summed E-state index contributed by atoms with van der Waals surface area (Å²) < 4.78 is 52.6. The Morgan fingerprint density at radius 3 is 2.16 bits per heavy atom. The van der Waals surface area contributed by atoms with Gasteiger partial charge in [-0.05, 0) is 67.3 Å². The van der Waals surface area contributed by atoms with Gasteiger partial charge in [0.1, 0.15) is 0 Å². The predicted octanol–water partition coefficient (Wildman–Crippen LogP) is 1.77. The molecule has 2 aromatic rings. The van der Waals surface area contributed by atoms with Crippen LogP contribution >= 0.6 is 0 Å². The minimum Gasteiger partial charge on any atom is -0.336 e. The highest BCUT2D eigenvalue weighted by Gasteiger charge is 2.32. The summed E-state index contributed by atoms with van der Waals surface area (Å²) in [5.74, 6) is -0.172. The summed E-state index contributed by atoms with van der Waals surface area (Å²) in [5, 5.41) is 0. The predicted molar refractivity (Wildman–Crippen MR) is 123 cm³/mol. The molecule has 1 saturated heterocycles. The van der Waals surface area contributed by atoms with Gasteiger partial charge in [0.2, 0.25) is 20.0 Å². The van der Waals surface area contributed by atoms with Crippen molar-refractivity contribution in [1.29, 1.82) is 0 Å². The van der Waals surface area contributed by atoms with Gasteiger partial charge >= 0.3 is 0 Å². The Morgan fingerprint density at radius 1 is 0.844 bits per heavy atom. The first-order chi connectivity index (χ1) is 15.0. The first-order valence-electron chi connectivity index (χ1n) is 10.5. The number of sulfonamides is 2. The first kappa shape index (κ1) is 22.8. The van der Waals surface area contributed by atoms with Gasteiger partial charge in [-0.15, -0.1) is 0 Å². The smallest absolute Gasteiger partial charge is 0.253 e. The molecule has 2 aliphatic heterocycles. The number of amides is 1. The zero-order valence-corrected chi connectivity index (χ0v) is 20.0. The van der Waals surface area contributed by atoms with Crippen molar-refractivity contribution >= 4 is 31.6 Å². The Balaban J connectivity index is 1.46. The molecule has 2 aliphatic rings. The number of rotatable bonds is 4. The zero-order chi connectivity index (χ0) is 23.3. The highest BCUT2D eigenvalue weighted by Crippen LogP contribution is 2.31. The summed E-state index contributed by atoms with van der Waals surface area (Å²) in [6.45, 7) is 5.26. The minimum atomic E-state index is -3.61. The van der Waals surface area contributed by atoms with Crippen LogP contribution < -0.4 is 4.31 Å². The molecule has 10 heteroatoms. The fourth-order valence-corrected chi connectivity index (χ4v) is 6.65. The number of nitrogens with zero attached hydrogens (tertiary/aromatic N) is 3. The van der Waals surface area contributed by atoms with Gasteiger partial charge in [0.05, 0.1) is 16.8 Å². The monoisotopic (exact) mass is 477 g/mol. The summed E-state index contributed by atoms with van der Waals surface area (Å²) in [7, 11) is -6.95. The van der Waals surface area contributed by atoms with E-state index in [0.717, 1.165) is 16.7 Å². The summed E-state index contributed by atoms with van der Waals surface area (Å²) in [4.78, 5) is 14.9. The summed E-state index contributed by atoms with van der Waals surface area (Å²) >= 11 is 0. The maximum atomic E-state index is 13.0. The van der Waals surface area contributed by atoms with Crippen molar-refractivity contribution in [3.8, 4) is 0 Å². The molecule has 0 bridgehead atoms. The van der Waals surface area contributed by atoms with E-state index in [-0.39, 0.29) is 23.9 Å². The molecule has 172 valence electrons. The lowest BCUT2D eigenvalue weighted by molar-refractivity contribution is 0.0698. The average Bonchev–Trinajstić information content (AvgIpc) is 3.19. The van der Waals surface area contributed by atoms with E-state index in [1.54, 1.807) is 41.3 Å². The molecule has 0 saturated carbocycles. The van der Waals surface area contributed by atoms with E-state index in [1.165, 1.54) is 14.9 Å². The van der Waals surface area contributed by atoms with Gasteiger partial charge in [-0.1, -0.05) is 6.07 Å². The second-order valence-electron chi connectivity index (χ2n) is 8.37. The van der Waals surface area contributed by atoms with E-state index in [0.29, 0.717) is 37.3 Å². The summed E-state index contributed by atoms with van der Waals surface area (Å²) in [5.41, 5.74) is 3.90. The molecular weight excluding hydrogens is 450 g/mol. The molecular formula is C22H27N3O5S2. The highest BCUT2D eigenvalue weighted by atomic mass is 32.2. The third-order valence-corrected chi connectivity index (χ3v) is 9.30. The van der Waals surface area contributed by atoms with Crippen molar-refractivity contribution in [3.63, 3.8) is 0 Å². The molecule has 0 N–H and O–H groups in total. The quantitative estimate of drug-likeness (QED) is 0.669. The van der Waals surface area contributed by atoms with Gasteiger partial charge in [-0.3, -0.25) is 9.10 Å². The van der Waals surface area contributed by atoms with Crippen LogP contribution in [-0.4, -0.2) is 70.9 Å². The molecule has 0 aliphatic carbocycles. The van der Waals surface area contributed by atoms with Crippen molar-refractivity contribution in [2.45, 2.75) is 25.2 Å². The number of benzene rings is 2. The van der Waals surface area contributed by atoms with Crippen LogP contribution in [0.4, 0.5) is 5.69 Å². The minimum absolute atomic E-state index is 0.172. The number of hydrogen-bond acceptors (Lipinski definition) is 5. The molecule has 2 heterocycles. The Bertz CT molecular complexity index is 1280. The van der Waals surface area contributed by atoms with E-state index in [4.69, 9.17) is 0 Å². The van der Waals surface area contributed by atoms with Crippen LogP contribution in [0.15, 0.2) is 41.3 Å². The lowest BCUT2D eigenvalue weighted by atomic mass is 10.1. The largest absolute Gasteiger partial charge is 0.336 e. The van der Waals surface area contributed by atoms with Crippen LogP contribution in [-0.2, 0) is 26.5 Å².